The Balaban J connectivity index is 0.000000165. The molecule has 7 heteroatoms. The lowest BCUT2D eigenvalue weighted by molar-refractivity contribution is 0.579. The van der Waals surface area contributed by atoms with Gasteiger partial charge in [0.1, 0.15) is 11.0 Å². The van der Waals surface area contributed by atoms with Gasteiger partial charge in [-0.1, -0.05) is 39.8 Å². The van der Waals surface area contributed by atoms with E-state index < -0.39 is 5.95 Å². The molecule has 0 atom stereocenters. The molecule has 0 radical (unpaired) electrons. The molecule has 1 aromatic carbocycles. The molecule has 0 saturated heterocycles. The van der Waals surface area contributed by atoms with Crippen molar-refractivity contribution in [2.75, 3.05) is 0 Å². The maximum atomic E-state index is 12.6. The smallest absolute Gasteiger partial charge is 0.216 e. The summed E-state index contributed by atoms with van der Waals surface area (Å²) >= 11 is 1.28. The molecule has 0 aliphatic carbocycles. The predicted octanol–water partition coefficient (Wildman–Crippen LogP) is 5.02. The first-order chi connectivity index (χ1) is 12.1. The van der Waals surface area contributed by atoms with Crippen LogP contribution in [-0.4, -0.2) is 23.3 Å². The number of aryl methyl sites for hydroxylation is 1. The van der Waals surface area contributed by atoms with E-state index in [1.165, 1.54) is 23.4 Å². The molecule has 3 aromatic heterocycles. The molecule has 4 aromatic rings. The van der Waals surface area contributed by atoms with Crippen LogP contribution in [0.2, 0.25) is 0 Å². The monoisotopic (exact) mass is 359 g/mol. The minimum atomic E-state index is -0.463. The Labute approximate surface area is 150 Å². The van der Waals surface area contributed by atoms with Crippen molar-refractivity contribution < 1.29 is 4.39 Å². The minimum Gasteiger partial charge on any atom is -0.220 e. The van der Waals surface area contributed by atoms with Crippen LogP contribution in [0.15, 0.2) is 36.5 Å². The predicted molar refractivity (Wildman–Crippen MR) is 101 cm³/mol. The van der Waals surface area contributed by atoms with Gasteiger partial charge in [0.15, 0.2) is 5.65 Å². The summed E-state index contributed by atoms with van der Waals surface area (Å²) in [6.07, 6.45) is 1.59. The number of aromatic nitrogens is 5. The van der Waals surface area contributed by atoms with E-state index >= 15 is 0 Å². The van der Waals surface area contributed by atoms with E-state index in [1.807, 2.05) is 26.0 Å². The molecule has 5 nitrogen and oxygen atoms in total. The van der Waals surface area contributed by atoms with Crippen LogP contribution in [0.25, 0.3) is 16.7 Å². The molecule has 0 spiro atoms. The highest BCUT2D eigenvalue weighted by Crippen LogP contribution is 2.23. The molecule has 0 aliphatic heterocycles. The number of halogens is 1. The van der Waals surface area contributed by atoms with Gasteiger partial charge in [-0.3, -0.25) is 0 Å². The highest BCUT2D eigenvalue weighted by Gasteiger charge is 2.06. The lowest BCUT2D eigenvalue weighted by Gasteiger charge is -2.03. The summed E-state index contributed by atoms with van der Waals surface area (Å²) in [6.45, 7) is 10.1. The molecule has 132 valence electrons. The van der Waals surface area contributed by atoms with Crippen LogP contribution in [0.5, 0.6) is 0 Å². The zero-order valence-electron chi connectivity index (χ0n) is 15.1. The van der Waals surface area contributed by atoms with Gasteiger partial charge in [-0.15, -0.1) is 0 Å². The molecular weight excluding hydrogens is 337 g/mol. The van der Waals surface area contributed by atoms with Gasteiger partial charge < -0.3 is 0 Å². The Bertz CT molecular complexity index is 945. The zero-order valence-corrected chi connectivity index (χ0v) is 15.9. The molecule has 3 heterocycles. The SMILES string of the molecule is CC.CC(C)c1cccc2nsnc12.Cc1cc(F)nc2ccnn12. The van der Waals surface area contributed by atoms with E-state index in [9.17, 15) is 4.39 Å². The van der Waals surface area contributed by atoms with Gasteiger partial charge in [0.25, 0.3) is 0 Å². The zero-order chi connectivity index (χ0) is 18.4. The van der Waals surface area contributed by atoms with Gasteiger partial charge in [0.2, 0.25) is 5.95 Å². The minimum absolute atomic E-state index is 0.463. The molecule has 0 saturated carbocycles. The lowest BCUT2D eigenvalue weighted by Crippen LogP contribution is -1.96. The van der Waals surface area contributed by atoms with Crippen molar-refractivity contribution >= 4 is 28.4 Å². The van der Waals surface area contributed by atoms with E-state index in [0.29, 0.717) is 11.6 Å². The molecule has 25 heavy (non-hydrogen) atoms. The number of fused-ring (bicyclic) bond motifs is 2. The molecule has 0 bridgehead atoms. The van der Waals surface area contributed by atoms with Crippen molar-refractivity contribution in [3.05, 3.63) is 53.7 Å². The fourth-order valence-electron chi connectivity index (χ4n) is 2.32. The second-order valence-corrected chi connectivity index (χ2v) is 5.98. The molecular formula is C18H22FN5S. The number of benzene rings is 1. The first-order valence-corrected chi connectivity index (χ1v) is 8.97. The van der Waals surface area contributed by atoms with Crippen molar-refractivity contribution in [3.8, 4) is 0 Å². The molecule has 0 unspecified atom stereocenters. The molecule has 0 fully saturated rings. The van der Waals surface area contributed by atoms with Crippen LogP contribution in [-0.2, 0) is 0 Å². The summed E-state index contributed by atoms with van der Waals surface area (Å²) in [5.41, 5.74) is 4.67. The Hall–Kier alpha value is -2.41. The highest BCUT2D eigenvalue weighted by molar-refractivity contribution is 7.00. The van der Waals surface area contributed by atoms with Gasteiger partial charge in [-0.25, -0.2) is 9.50 Å². The fraction of sp³-hybridized carbons (Fsp3) is 0.333. The third kappa shape index (κ3) is 4.36. The van der Waals surface area contributed by atoms with Crippen LogP contribution in [0.4, 0.5) is 4.39 Å². The number of rotatable bonds is 1. The first-order valence-electron chi connectivity index (χ1n) is 8.24. The van der Waals surface area contributed by atoms with Crippen LogP contribution in [0.1, 0.15) is 44.9 Å². The summed E-state index contributed by atoms with van der Waals surface area (Å²) in [6, 6.07) is 9.17. The highest BCUT2D eigenvalue weighted by atomic mass is 32.1. The summed E-state index contributed by atoms with van der Waals surface area (Å²) in [4.78, 5) is 3.63. The van der Waals surface area contributed by atoms with Gasteiger partial charge in [-0.05, 0) is 24.5 Å². The van der Waals surface area contributed by atoms with Crippen LogP contribution in [0.3, 0.4) is 0 Å². The molecule has 4 rings (SSSR count). The second-order valence-electron chi connectivity index (χ2n) is 5.46. The summed E-state index contributed by atoms with van der Waals surface area (Å²) < 4.78 is 22.7. The maximum absolute atomic E-state index is 12.6. The fourth-order valence-corrected chi connectivity index (χ4v) is 2.88. The van der Waals surface area contributed by atoms with Gasteiger partial charge in [-0.2, -0.15) is 18.2 Å². The van der Waals surface area contributed by atoms with E-state index in [0.717, 1.165) is 16.7 Å². The van der Waals surface area contributed by atoms with Crippen LogP contribution >= 0.6 is 11.7 Å². The number of nitrogens with zero attached hydrogens (tertiary/aromatic N) is 5. The van der Waals surface area contributed by atoms with E-state index in [2.05, 4.69) is 38.7 Å². The van der Waals surface area contributed by atoms with Crippen molar-refractivity contribution in [2.45, 2.75) is 40.5 Å². The summed E-state index contributed by atoms with van der Waals surface area (Å²) in [7, 11) is 0. The maximum Gasteiger partial charge on any atom is 0.216 e. The summed E-state index contributed by atoms with van der Waals surface area (Å²) in [5, 5.41) is 3.95. The number of hydrogen-bond donors (Lipinski definition) is 0. The van der Waals surface area contributed by atoms with Gasteiger partial charge in [0, 0.05) is 17.8 Å². The Kier molecular flexibility index (Phi) is 6.52. The largest absolute Gasteiger partial charge is 0.220 e. The Morgan fingerprint density at radius 3 is 2.60 bits per heavy atom. The Morgan fingerprint density at radius 2 is 1.88 bits per heavy atom. The average molecular weight is 359 g/mol. The Morgan fingerprint density at radius 1 is 1.12 bits per heavy atom. The van der Waals surface area contributed by atoms with E-state index in [4.69, 9.17) is 0 Å². The third-order valence-electron chi connectivity index (χ3n) is 3.45. The topological polar surface area (TPSA) is 56.0 Å². The van der Waals surface area contributed by atoms with Crippen molar-refractivity contribution in [1.82, 2.24) is 23.3 Å². The van der Waals surface area contributed by atoms with Gasteiger partial charge in [0.05, 0.1) is 17.9 Å². The van der Waals surface area contributed by atoms with Crippen LogP contribution in [0, 0.1) is 12.9 Å². The van der Waals surface area contributed by atoms with Crippen molar-refractivity contribution in [3.63, 3.8) is 0 Å². The number of hydrogen-bond acceptors (Lipinski definition) is 5. The molecule has 0 N–H and O–H groups in total. The van der Waals surface area contributed by atoms with E-state index in [1.54, 1.807) is 23.7 Å². The van der Waals surface area contributed by atoms with E-state index in [-0.39, 0.29) is 0 Å². The summed E-state index contributed by atoms with van der Waals surface area (Å²) in [5.74, 6) is 0.0631. The first kappa shape index (κ1) is 18.9. The normalized spacial score (nSPS) is 10.4. The lowest BCUT2D eigenvalue weighted by atomic mass is 10.0. The van der Waals surface area contributed by atoms with Crippen molar-refractivity contribution in [2.24, 2.45) is 0 Å². The second kappa shape index (κ2) is 8.62. The third-order valence-corrected chi connectivity index (χ3v) is 3.99. The standard InChI is InChI=1S/C9H10N2S.C7H6FN3.C2H6/c1-6(2)7-4-3-5-8-9(7)11-12-10-8;1-5-4-6(8)10-7-2-3-9-11(5)7;1-2/h3-6H,1-2H3;2-4H,1H3;1-2H3. The van der Waals surface area contributed by atoms with Gasteiger partial charge >= 0.3 is 0 Å². The van der Waals surface area contributed by atoms with Crippen molar-refractivity contribution in [1.29, 1.82) is 0 Å². The molecule has 0 aliphatic rings. The molecule has 0 amide bonds. The quantitative estimate of drug-likeness (QED) is 0.448. The van der Waals surface area contributed by atoms with Crippen LogP contribution < -0.4 is 0 Å². The average Bonchev–Trinajstić information content (AvgIpc) is 3.25.